The molecule has 0 aliphatic carbocycles. The highest BCUT2D eigenvalue weighted by molar-refractivity contribution is 5.94. The molecule has 0 unspecified atom stereocenters. The number of rotatable bonds is 10. The van der Waals surface area contributed by atoms with Crippen LogP contribution in [-0.2, 0) is 11.3 Å². The third-order valence-corrected chi connectivity index (χ3v) is 5.24. The summed E-state index contributed by atoms with van der Waals surface area (Å²) in [5.41, 5.74) is 1.75. The molecule has 1 aromatic carbocycles. The van der Waals surface area contributed by atoms with E-state index >= 15 is 0 Å². The number of carbonyl (C=O) groups excluding carboxylic acids is 2. The number of nitrogens with zero attached hydrogens (tertiary/aromatic N) is 2. The Hall–Kier alpha value is -1.88. The number of hydrogen-bond acceptors (Lipinski definition) is 3. The third-order valence-electron chi connectivity index (χ3n) is 5.24. The monoisotopic (exact) mass is 373 g/mol. The molecule has 0 saturated carbocycles. The zero-order valence-electron chi connectivity index (χ0n) is 17.0. The molecule has 2 rings (SSSR count). The summed E-state index contributed by atoms with van der Waals surface area (Å²) in [6.07, 6.45) is 7.75. The van der Waals surface area contributed by atoms with Crippen LogP contribution in [0.2, 0.25) is 0 Å². The second-order valence-corrected chi connectivity index (χ2v) is 7.59. The second-order valence-electron chi connectivity index (χ2n) is 7.59. The zero-order chi connectivity index (χ0) is 19.5. The fourth-order valence-corrected chi connectivity index (χ4v) is 3.31. The predicted octanol–water partition coefficient (Wildman–Crippen LogP) is 3.44. The molecule has 0 aromatic heterocycles. The minimum atomic E-state index is 0.0989. The van der Waals surface area contributed by atoms with Crippen LogP contribution in [0.15, 0.2) is 24.3 Å². The van der Waals surface area contributed by atoms with Gasteiger partial charge in [0.1, 0.15) is 0 Å². The molecule has 1 aromatic rings. The lowest BCUT2D eigenvalue weighted by atomic mass is 10.1. The standard InChI is InChI=1S/C22H35N3O2/c1-3-4-5-6-7-8-9-21(26)23-18-19-10-12-20(13-11-19)22(27)25-16-14-24(2)15-17-25/h10-13H,3-9,14-18H2,1-2H3,(H,23,26). The van der Waals surface area contributed by atoms with Crippen LogP contribution >= 0.6 is 0 Å². The number of carbonyl (C=O) groups is 2. The van der Waals surface area contributed by atoms with Gasteiger partial charge in [0.2, 0.25) is 5.91 Å². The number of amides is 2. The van der Waals surface area contributed by atoms with E-state index in [1.165, 1.54) is 25.7 Å². The largest absolute Gasteiger partial charge is 0.352 e. The van der Waals surface area contributed by atoms with Gasteiger partial charge in [0.15, 0.2) is 0 Å². The van der Waals surface area contributed by atoms with Gasteiger partial charge in [0.05, 0.1) is 0 Å². The Kier molecular flexibility index (Phi) is 9.32. The van der Waals surface area contributed by atoms with E-state index in [1.807, 2.05) is 29.2 Å². The van der Waals surface area contributed by atoms with Crippen LogP contribution in [0.1, 0.15) is 67.8 Å². The maximum absolute atomic E-state index is 12.5. The van der Waals surface area contributed by atoms with Crippen molar-refractivity contribution in [2.75, 3.05) is 33.2 Å². The van der Waals surface area contributed by atoms with Gasteiger partial charge in [-0.05, 0) is 31.2 Å². The minimum Gasteiger partial charge on any atom is -0.352 e. The highest BCUT2D eigenvalue weighted by Crippen LogP contribution is 2.11. The first-order valence-electron chi connectivity index (χ1n) is 10.4. The maximum atomic E-state index is 12.5. The lowest BCUT2D eigenvalue weighted by Crippen LogP contribution is -2.47. The van der Waals surface area contributed by atoms with Gasteiger partial charge in [-0.2, -0.15) is 0 Å². The van der Waals surface area contributed by atoms with Crippen molar-refractivity contribution >= 4 is 11.8 Å². The molecule has 150 valence electrons. The lowest BCUT2D eigenvalue weighted by Gasteiger charge is -2.32. The summed E-state index contributed by atoms with van der Waals surface area (Å²) in [6.45, 7) is 6.15. The fraction of sp³-hybridized carbons (Fsp3) is 0.636. The van der Waals surface area contributed by atoms with E-state index in [1.54, 1.807) is 0 Å². The number of nitrogens with one attached hydrogen (secondary N) is 1. The molecule has 1 N–H and O–H groups in total. The first-order chi connectivity index (χ1) is 13.1. The Balaban J connectivity index is 1.67. The van der Waals surface area contributed by atoms with Crippen molar-refractivity contribution in [3.05, 3.63) is 35.4 Å². The number of hydrogen-bond donors (Lipinski definition) is 1. The van der Waals surface area contributed by atoms with Gasteiger partial charge in [-0.25, -0.2) is 0 Å². The molecular formula is C22H35N3O2. The smallest absolute Gasteiger partial charge is 0.253 e. The van der Waals surface area contributed by atoms with Crippen molar-refractivity contribution in [2.24, 2.45) is 0 Å². The Morgan fingerprint density at radius 1 is 0.926 bits per heavy atom. The second kappa shape index (κ2) is 11.8. The Morgan fingerprint density at radius 2 is 1.56 bits per heavy atom. The Morgan fingerprint density at radius 3 is 2.22 bits per heavy atom. The molecule has 1 heterocycles. The summed E-state index contributed by atoms with van der Waals surface area (Å²) >= 11 is 0. The molecule has 0 spiro atoms. The fourth-order valence-electron chi connectivity index (χ4n) is 3.31. The topological polar surface area (TPSA) is 52.7 Å². The molecule has 0 atom stereocenters. The SMILES string of the molecule is CCCCCCCCC(=O)NCc1ccc(C(=O)N2CCN(C)CC2)cc1. The maximum Gasteiger partial charge on any atom is 0.253 e. The van der Waals surface area contributed by atoms with Crippen LogP contribution in [0.4, 0.5) is 0 Å². The normalized spacial score (nSPS) is 15.0. The summed E-state index contributed by atoms with van der Waals surface area (Å²) in [6, 6.07) is 7.62. The highest BCUT2D eigenvalue weighted by atomic mass is 16.2. The van der Waals surface area contributed by atoms with Crippen LogP contribution in [-0.4, -0.2) is 54.8 Å². The predicted molar refractivity (Wildman–Crippen MR) is 110 cm³/mol. The summed E-state index contributed by atoms with van der Waals surface area (Å²) in [4.78, 5) is 28.6. The van der Waals surface area contributed by atoms with Gasteiger partial charge in [0.25, 0.3) is 5.91 Å². The summed E-state index contributed by atoms with van der Waals surface area (Å²) in [7, 11) is 2.08. The van der Waals surface area contributed by atoms with Gasteiger partial charge in [-0.1, -0.05) is 51.2 Å². The van der Waals surface area contributed by atoms with Gasteiger partial charge in [-0.3, -0.25) is 9.59 Å². The van der Waals surface area contributed by atoms with Gasteiger partial charge in [-0.15, -0.1) is 0 Å². The number of benzene rings is 1. The summed E-state index contributed by atoms with van der Waals surface area (Å²) in [5, 5.41) is 2.98. The van der Waals surface area contributed by atoms with Crippen LogP contribution in [0.5, 0.6) is 0 Å². The average Bonchev–Trinajstić information content (AvgIpc) is 2.69. The van der Waals surface area contributed by atoms with Crippen molar-refractivity contribution in [1.82, 2.24) is 15.1 Å². The quantitative estimate of drug-likeness (QED) is 0.639. The van der Waals surface area contributed by atoms with Crippen LogP contribution in [0.25, 0.3) is 0 Å². The third kappa shape index (κ3) is 7.71. The van der Waals surface area contributed by atoms with E-state index < -0.39 is 0 Å². The van der Waals surface area contributed by atoms with Crippen molar-refractivity contribution < 1.29 is 9.59 Å². The van der Waals surface area contributed by atoms with Gasteiger partial charge < -0.3 is 15.1 Å². The first-order valence-corrected chi connectivity index (χ1v) is 10.4. The molecule has 0 bridgehead atoms. The summed E-state index contributed by atoms with van der Waals surface area (Å²) in [5.74, 6) is 0.213. The van der Waals surface area contributed by atoms with Crippen LogP contribution in [0, 0.1) is 0 Å². The molecule has 5 nitrogen and oxygen atoms in total. The van der Waals surface area contributed by atoms with E-state index in [0.717, 1.165) is 50.1 Å². The van der Waals surface area contributed by atoms with Crippen LogP contribution < -0.4 is 5.32 Å². The minimum absolute atomic E-state index is 0.0989. The summed E-state index contributed by atoms with van der Waals surface area (Å²) < 4.78 is 0. The van der Waals surface area contributed by atoms with E-state index in [2.05, 4.69) is 24.2 Å². The van der Waals surface area contributed by atoms with Gasteiger partial charge >= 0.3 is 0 Å². The molecule has 1 fully saturated rings. The molecule has 1 aliphatic heterocycles. The van der Waals surface area contributed by atoms with Crippen molar-refractivity contribution in [3.8, 4) is 0 Å². The number of unbranched alkanes of at least 4 members (excludes halogenated alkanes) is 5. The van der Waals surface area contributed by atoms with E-state index in [0.29, 0.717) is 13.0 Å². The van der Waals surface area contributed by atoms with Crippen molar-refractivity contribution in [2.45, 2.75) is 58.4 Å². The zero-order valence-corrected chi connectivity index (χ0v) is 17.0. The van der Waals surface area contributed by atoms with E-state index in [9.17, 15) is 9.59 Å². The van der Waals surface area contributed by atoms with Gasteiger partial charge in [0, 0.05) is 44.7 Å². The number of likely N-dealkylation sites (N-methyl/N-ethyl adjacent to an activating group) is 1. The molecule has 27 heavy (non-hydrogen) atoms. The van der Waals surface area contributed by atoms with Crippen molar-refractivity contribution in [3.63, 3.8) is 0 Å². The molecule has 2 amide bonds. The average molecular weight is 374 g/mol. The Bertz CT molecular complexity index is 578. The lowest BCUT2D eigenvalue weighted by molar-refractivity contribution is -0.121. The molecule has 0 radical (unpaired) electrons. The van der Waals surface area contributed by atoms with Crippen LogP contribution in [0.3, 0.4) is 0 Å². The van der Waals surface area contributed by atoms with E-state index in [4.69, 9.17) is 0 Å². The van der Waals surface area contributed by atoms with E-state index in [-0.39, 0.29) is 11.8 Å². The first kappa shape index (κ1) is 21.4. The van der Waals surface area contributed by atoms with Crippen molar-refractivity contribution in [1.29, 1.82) is 0 Å². The molecule has 1 aliphatic rings. The molecular weight excluding hydrogens is 338 g/mol. The number of piperazine rings is 1. The molecule has 1 saturated heterocycles. The Labute approximate surface area is 164 Å². The molecule has 5 heteroatoms. The highest BCUT2D eigenvalue weighted by Gasteiger charge is 2.20.